The van der Waals surface area contributed by atoms with E-state index in [4.69, 9.17) is 5.26 Å². The Morgan fingerprint density at radius 2 is 1.65 bits per heavy atom. The Kier molecular flexibility index (Phi) is 4.34. The van der Waals surface area contributed by atoms with Gasteiger partial charge in [0.25, 0.3) is 0 Å². The van der Waals surface area contributed by atoms with Crippen molar-refractivity contribution in [3.05, 3.63) is 48.0 Å². The lowest BCUT2D eigenvalue weighted by Gasteiger charge is -2.11. The SMILES string of the molecule is CS(=O)(=O)c1ccc(-c2cc(C#N)cc(OC(F)(F)F)c2)cc1. The van der Waals surface area contributed by atoms with Crippen molar-refractivity contribution in [3.8, 4) is 22.9 Å². The second kappa shape index (κ2) is 5.93. The lowest BCUT2D eigenvalue weighted by Crippen LogP contribution is -2.17. The van der Waals surface area contributed by atoms with Crippen LogP contribution in [-0.4, -0.2) is 21.0 Å². The average molecular weight is 341 g/mol. The van der Waals surface area contributed by atoms with Crippen molar-refractivity contribution >= 4 is 9.84 Å². The predicted octanol–water partition coefficient (Wildman–Crippen LogP) is 3.53. The van der Waals surface area contributed by atoms with Crippen molar-refractivity contribution in [2.75, 3.05) is 6.26 Å². The highest BCUT2D eigenvalue weighted by Crippen LogP contribution is 2.30. The number of rotatable bonds is 3. The van der Waals surface area contributed by atoms with Crippen LogP contribution in [0.25, 0.3) is 11.1 Å². The molecule has 0 aliphatic carbocycles. The molecule has 0 amide bonds. The molecule has 0 N–H and O–H groups in total. The van der Waals surface area contributed by atoms with Crippen molar-refractivity contribution in [1.82, 2.24) is 0 Å². The Bertz CT molecular complexity index is 866. The molecule has 23 heavy (non-hydrogen) atoms. The van der Waals surface area contributed by atoms with Gasteiger partial charge in [-0.2, -0.15) is 5.26 Å². The number of hydrogen-bond acceptors (Lipinski definition) is 4. The zero-order valence-electron chi connectivity index (χ0n) is 11.8. The molecule has 2 aromatic carbocycles. The number of sulfone groups is 1. The van der Waals surface area contributed by atoms with Gasteiger partial charge in [0.05, 0.1) is 16.5 Å². The minimum absolute atomic E-state index is 0.00561. The number of halogens is 3. The molecule has 0 aliphatic rings. The van der Waals surface area contributed by atoms with Crippen LogP contribution in [-0.2, 0) is 9.84 Å². The third kappa shape index (κ3) is 4.47. The van der Waals surface area contributed by atoms with E-state index in [0.29, 0.717) is 11.1 Å². The maximum atomic E-state index is 12.3. The van der Waals surface area contributed by atoms with Crippen LogP contribution in [0.4, 0.5) is 13.2 Å². The Morgan fingerprint density at radius 1 is 1.04 bits per heavy atom. The van der Waals surface area contributed by atoms with Crippen LogP contribution >= 0.6 is 0 Å². The van der Waals surface area contributed by atoms with E-state index in [-0.39, 0.29) is 10.5 Å². The molecule has 0 spiro atoms. The minimum atomic E-state index is -4.87. The number of benzene rings is 2. The van der Waals surface area contributed by atoms with Gasteiger partial charge in [0.2, 0.25) is 0 Å². The highest BCUT2D eigenvalue weighted by atomic mass is 32.2. The van der Waals surface area contributed by atoms with Crippen molar-refractivity contribution in [3.63, 3.8) is 0 Å². The number of ether oxygens (including phenoxy) is 1. The highest BCUT2D eigenvalue weighted by molar-refractivity contribution is 7.90. The van der Waals surface area contributed by atoms with Gasteiger partial charge in [0, 0.05) is 6.26 Å². The van der Waals surface area contributed by atoms with E-state index >= 15 is 0 Å². The number of nitriles is 1. The maximum Gasteiger partial charge on any atom is 0.573 e. The first-order valence-corrected chi connectivity index (χ1v) is 8.09. The van der Waals surface area contributed by atoms with Gasteiger partial charge < -0.3 is 4.74 Å². The molecule has 0 unspecified atom stereocenters. The topological polar surface area (TPSA) is 67.2 Å². The standard InChI is InChI=1S/C15H10F3NO3S/c1-23(20,21)14-4-2-11(3-5-14)12-6-10(9-19)7-13(8-12)22-15(16,17)18/h2-8H,1H3. The lowest BCUT2D eigenvalue weighted by atomic mass is 10.0. The number of alkyl halides is 3. The zero-order valence-corrected chi connectivity index (χ0v) is 12.6. The normalized spacial score (nSPS) is 11.8. The van der Waals surface area contributed by atoms with E-state index in [1.165, 1.54) is 30.3 Å². The van der Waals surface area contributed by atoms with Crippen molar-refractivity contribution in [2.24, 2.45) is 0 Å². The summed E-state index contributed by atoms with van der Waals surface area (Å²) in [5, 5.41) is 8.92. The van der Waals surface area contributed by atoms with Gasteiger partial charge in [-0.15, -0.1) is 13.2 Å². The van der Waals surface area contributed by atoms with E-state index in [9.17, 15) is 21.6 Å². The quantitative estimate of drug-likeness (QED) is 0.856. The van der Waals surface area contributed by atoms with E-state index in [2.05, 4.69) is 4.74 Å². The minimum Gasteiger partial charge on any atom is -0.406 e. The molecule has 0 saturated heterocycles. The molecular formula is C15H10F3NO3S. The van der Waals surface area contributed by atoms with Crippen LogP contribution in [0.15, 0.2) is 47.4 Å². The van der Waals surface area contributed by atoms with Gasteiger partial charge in [0.1, 0.15) is 5.75 Å². The molecule has 0 aliphatic heterocycles. The van der Waals surface area contributed by atoms with Crippen LogP contribution in [0.5, 0.6) is 5.75 Å². The summed E-state index contributed by atoms with van der Waals surface area (Å²) in [5.74, 6) is -0.515. The summed E-state index contributed by atoms with van der Waals surface area (Å²) in [4.78, 5) is 0.0875. The molecule has 2 aromatic rings. The average Bonchev–Trinajstić information content (AvgIpc) is 2.44. The fourth-order valence-electron chi connectivity index (χ4n) is 1.92. The summed E-state index contributed by atoms with van der Waals surface area (Å²) in [5.41, 5.74) is 0.763. The summed E-state index contributed by atoms with van der Waals surface area (Å²) in [6.45, 7) is 0. The summed E-state index contributed by atoms with van der Waals surface area (Å²) in [7, 11) is -3.37. The molecule has 8 heteroatoms. The molecule has 4 nitrogen and oxygen atoms in total. The first kappa shape index (κ1) is 16.8. The Balaban J connectivity index is 2.47. The van der Waals surface area contributed by atoms with E-state index in [1.54, 1.807) is 6.07 Å². The van der Waals surface area contributed by atoms with Crippen molar-refractivity contribution in [2.45, 2.75) is 11.3 Å². The van der Waals surface area contributed by atoms with Crippen LogP contribution in [0.2, 0.25) is 0 Å². The Hall–Kier alpha value is -2.53. The van der Waals surface area contributed by atoms with Gasteiger partial charge >= 0.3 is 6.36 Å². The molecule has 0 radical (unpaired) electrons. The summed E-state index contributed by atoms with van der Waals surface area (Å²) in [6.07, 6.45) is -3.82. The van der Waals surface area contributed by atoms with Crippen molar-refractivity contribution in [1.29, 1.82) is 5.26 Å². The van der Waals surface area contributed by atoms with Gasteiger partial charge in [0.15, 0.2) is 9.84 Å². The first-order valence-electron chi connectivity index (χ1n) is 6.20. The van der Waals surface area contributed by atoms with E-state index in [0.717, 1.165) is 18.4 Å². The Labute approximate surface area is 130 Å². The molecule has 2 rings (SSSR count). The smallest absolute Gasteiger partial charge is 0.406 e. The number of hydrogen-bond donors (Lipinski definition) is 0. The molecular weight excluding hydrogens is 331 g/mol. The monoisotopic (exact) mass is 341 g/mol. The molecule has 0 heterocycles. The third-order valence-corrected chi connectivity index (χ3v) is 4.01. The van der Waals surface area contributed by atoms with E-state index < -0.39 is 21.9 Å². The van der Waals surface area contributed by atoms with Gasteiger partial charge in [-0.3, -0.25) is 0 Å². The second-order valence-corrected chi connectivity index (χ2v) is 6.72. The molecule has 0 saturated carbocycles. The predicted molar refractivity (Wildman–Crippen MR) is 76.4 cm³/mol. The van der Waals surface area contributed by atoms with Gasteiger partial charge in [-0.05, 0) is 41.5 Å². The highest BCUT2D eigenvalue weighted by Gasteiger charge is 2.31. The van der Waals surface area contributed by atoms with Crippen LogP contribution in [0.1, 0.15) is 5.56 Å². The maximum absolute atomic E-state index is 12.3. The van der Waals surface area contributed by atoms with Crippen LogP contribution in [0, 0.1) is 11.3 Å². The second-order valence-electron chi connectivity index (χ2n) is 4.70. The molecule has 0 bridgehead atoms. The fourth-order valence-corrected chi connectivity index (χ4v) is 2.55. The Morgan fingerprint density at radius 3 is 2.13 bits per heavy atom. The molecule has 120 valence electrons. The fraction of sp³-hybridized carbons (Fsp3) is 0.133. The molecule has 0 atom stereocenters. The summed E-state index contributed by atoms with van der Waals surface area (Å²) in [6, 6.07) is 10.8. The third-order valence-electron chi connectivity index (χ3n) is 2.89. The summed E-state index contributed by atoms with van der Waals surface area (Å²) >= 11 is 0. The van der Waals surface area contributed by atoms with Gasteiger partial charge in [-0.1, -0.05) is 12.1 Å². The van der Waals surface area contributed by atoms with Crippen LogP contribution < -0.4 is 4.74 Å². The first-order chi connectivity index (χ1) is 10.6. The lowest BCUT2D eigenvalue weighted by molar-refractivity contribution is -0.274. The molecule has 0 fully saturated rings. The van der Waals surface area contributed by atoms with Crippen molar-refractivity contribution < 1.29 is 26.3 Å². The summed E-state index contributed by atoms with van der Waals surface area (Å²) < 4.78 is 63.6. The zero-order chi connectivity index (χ0) is 17.3. The largest absolute Gasteiger partial charge is 0.573 e. The van der Waals surface area contributed by atoms with E-state index in [1.807, 2.05) is 0 Å². The van der Waals surface area contributed by atoms with Gasteiger partial charge in [-0.25, -0.2) is 8.42 Å². The number of nitrogens with zero attached hydrogens (tertiary/aromatic N) is 1. The van der Waals surface area contributed by atoms with Crippen LogP contribution in [0.3, 0.4) is 0 Å². The molecule has 0 aromatic heterocycles.